The summed E-state index contributed by atoms with van der Waals surface area (Å²) in [6.07, 6.45) is -0.638. The average Bonchev–Trinajstić information content (AvgIpc) is 2.62. The quantitative estimate of drug-likeness (QED) is 0.520. The molecule has 0 bridgehead atoms. The lowest BCUT2D eigenvalue weighted by Gasteiger charge is -2.40. The molecular formula is C15H20BF5O4S. The first-order valence-corrected chi connectivity index (χ1v) is 9.69. The van der Waals surface area contributed by atoms with Gasteiger partial charge in [0.15, 0.2) is 0 Å². The van der Waals surface area contributed by atoms with Gasteiger partial charge in [-0.15, -0.1) is 0 Å². The molecule has 0 radical (unpaired) electrons. The van der Waals surface area contributed by atoms with E-state index in [0.29, 0.717) is 0 Å². The molecular weight excluding hydrogens is 382 g/mol. The van der Waals surface area contributed by atoms with E-state index in [1.165, 1.54) is 0 Å². The van der Waals surface area contributed by atoms with Crippen LogP contribution in [0.2, 0.25) is 0 Å². The smallest absolute Gasteiger partial charge is 0.466 e. The van der Waals surface area contributed by atoms with Crippen molar-refractivity contribution in [3.05, 3.63) is 29.8 Å². The number of hydrogen-bond acceptors (Lipinski definition) is 3. The van der Waals surface area contributed by atoms with Crippen LogP contribution in [0.3, 0.4) is 0 Å². The molecule has 1 fully saturated rings. The fourth-order valence-corrected chi connectivity index (χ4v) is 3.29. The Bertz CT molecular complexity index is 719. The molecule has 1 atom stereocenters. The summed E-state index contributed by atoms with van der Waals surface area (Å²) in [5, 5.41) is 9.12. The number of carboxylic acid groups (broad SMARTS) is 1. The second-order valence-electron chi connectivity index (χ2n) is 7.37. The van der Waals surface area contributed by atoms with E-state index in [-0.39, 0.29) is 17.7 Å². The average molecular weight is 402 g/mol. The fourth-order valence-electron chi connectivity index (χ4n) is 2.60. The number of carbonyl (C=O) groups is 1. The predicted octanol–water partition coefficient (Wildman–Crippen LogP) is 5.53. The van der Waals surface area contributed by atoms with Crippen molar-refractivity contribution >= 4 is 23.3 Å². The van der Waals surface area contributed by atoms with Crippen LogP contribution in [0.15, 0.2) is 29.2 Å². The molecule has 4 nitrogen and oxygen atoms in total. The summed E-state index contributed by atoms with van der Waals surface area (Å²) >= 11 is 0. The zero-order valence-corrected chi connectivity index (χ0v) is 15.5. The van der Waals surface area contributed by atoms with Gasteiger partial charge >= 0.3 is 23.3 Å². The van der Waals surface area contributed by atoms with Crippen molar-refractivity contribution in [3.63, 3.8) is 0 Å². The molecule has 1 unspecified atom stereocenters. The Balaban J connectivity index is 2.49. The topological polar surface area (TPSA) is 55.8 Å². The Kier molecular flexibility index (Phi) is 4.32. The summed E-state index contributed by atoms with van der Waals surface area (Å²) in [7, 11) is -11.1. The molecule has 0 spiro atoms. The lowest BCUT2D eigenvalue weighted by atomic mass is 9.66. The Morgan fingerprint density at radius 3 is 2.04 bits per heavy atom. The number of halogens is 5. The van der Waals surface area contributed by atoms with Crippen molar-refractivity contribution in [1.82, 2.24) is 0 Å². The molecule has 1 heterocycles. The van der Waals surface area contributed by atoms with E-state index < -0.39 is 51.6 Å². The number of aliphatic carboxylic acids is 1. The van der Waals surface area contributed by atoms with Gasteiger partial charge in [-0.2, -0.15) is 0 Å². The van der Waals surface area contributed by atoms with Gasteiger partial charge in [0.25, 0.3) is 0 Å². The molecule has 11 heteroatoms. The van der Waals surface area contributed by atoms with Crippen LogP contribution in [0.4, 0.5) is 19.4 Å². The highest BCUT2D eigenvalue weighted by Crippen LogP contribution is 3.02. The van der Waals surface area contributed by atoms with Crippen molar-refractivity contribution in [2.24, 2.45) is 0 Å². The van der Waals surface area contributed by atoms with Gasteiger partial charge in [0.1, 0.15) is 4.90 Å². The van der Waals surface area contributed by atoms with Crippen LogP contribution in [0.25, 0.3) is 0 Å². The van der Waals surface area contributed by atoms with Crippen LogP contribution in [-0.4, -0.2) is 29.4 Å². The van der Waals surface area contributed by atoms with Crippen molar-refractivity contribution < 1.29 is 38.6 Å². The summed E-state index contributed by atoms with van der Waals surface area (Å²) in [6.45, 7) is 6.76. The maximum atomic E-state index is 13.1. The molecule has 26 heavy (non-hydrogen) atoms. The second-order valence-corrected chi connectivity index (χ2v) is 9.78. The SMILES string of the molecule is CC1(C)OB(C(CC(=O)O)c2cccc(S(F)(F)(F)(F)F)c2)OC1(C)C. The largest absolute Gasteiger partial charge is 0.481 e. The molecule has 0 aromatic heterocycles. The lowest BCUT2D eigenvalue weighted by Crippen LogP contribution is -2.41. The van der Waals surface area contributed by atoms with Gasteiger partial charge in [-0.1, -0.05) is 31.6 Å². The van der Waals surface area contributed by atoms with E-state index in [4.69, 9.17) is 14.4 Å². The van der Waals surface area contributed by atoms with Gasteiger partial charge in [-0.3, -0.25) is 4.79 Å². The Labute approximate surface area is 148 Å². The van der Waals surface area contributed by atoms with E-state index in [1.54, 1.807) is 27.7 Å². The number of rotatable bonds is 5. The van der Waals surface area contributed by atoms with E-state index in [9.17, 15) is 24.2 Å². The van der Waals surface area contributed by atoms with Gasteiger partial charge in [0, 0.05) is 5.82 Å². The van der Waals surface area contributed by atoms with Crippen molar-refractivity contribution in [3.8, 4) is 0 Å². The van der Waals surface area contributed by atoms with Gasteiger partial charge in [-0.25, -0.2) is 0 Å². The van der Waals surface area contributed by atoms with Gasteiger partial charge in [0.2, 0.25) is 0 Å². The third-order valence-corrected chi connectivity index (χ3v) is 5.87. The zero-order chi connectivity index (χ0) is 20.2. The minimum atomic E-state index is -9.89. The Morgan fingerprint density at radius 1 is 1.12 bits per heavy atom. The van der Waals surface area contributed by atoms with Crippen molar-refractivity contribution in [1.29, 1.82) is 0 Å². The molecule has 1 N–H and O–H groups in total. The van der Waals surface area contributed by atoms with Crippen LogP contribution in [0, 0.1) is 0 Å². The van der Waals surface area contributed by atoms with Crippen LogP contribution in [0.5, 0.6) is 0 Å². The minimum Gasteiger partial charge on any atom is -0.481 e. The van der Waals surface area contributed by atoms with E-state index in [2.05, 4.69) is 0 Å². The molecule has 1 saturated heterocycles. The van der Waals surface area contributed by atoms with E-state index >= 15 is 0 Å². The standard InChI is InChI=1S/C15H20BF5O4S/c1-14(2)15(3,4)25-16(24-14)12(9-13(22)23)10-6-5-7-11(8-10)26(17,18,19,20)21/h5-8,12H,9H2,1-4H3,(H,22,23). The molecule has 2 rings (SSSR count). The summed E-state index contributed by atoms with van der Waals surface area (Å²) in [5.74, 6) is -2.50. The van der Waals surface area contributed by atoms with Gasteiger partial charge in [0.05, 0.1) is 17.6 Å². The van der Waals surface area contributed by atoms with E-state index in [0.717, 1.165) is 12.1 Å². The van der Waals surface area contributed by atoms with Crippen LogP contribution >= 0.6 is 10.2 Å². The predicted molar refractivity (Wildman–Crippen MR) is 88.9 cm³/mol. The Morgan fingerprint density at radius 2 is 1.62 bits per heavy atom. The number of hydrogen-bond donors (Lipinski definition) is 1. The molecule has 0 aliphatic carbocycles. The maximum absolute atomic E-state index is 13.1. The minimum absolute atomic E-state index is 0.239. The maximum Gasteiger partial charge on any atom is 0.466 e. The van der Waals surface area contributed by atoms with Crippen molar-refractivity contribution in [2.45, 2.75) is 56.0 Å². The Hall–Kier alpha value is -1.33. The molecule has 148 valence electrons. The van der Waals surface area contributed by atoms with Gasteiger partial charge < -0.3 is 14.4 Å². The molecule has 1 aromatic rings. The van der Waals surface area contributed by atoms with Crippen molar-refractivity contribution in [2.75, 3.05) is 0 Å². The number of benzene rings is 1. The molecule has 0 amide bonds. The molecule has 1 aliphatic heterocycles. The zero-order valence-electron chi connectivity index (χ0n) is 14.6. The summed E-state index contributed by atoms with van der Waals surface area (Å²) in [5.41, 5.74) is -1.95. The second kappa shape index (κ2) is 5.36. The highest BCUT2D eigenvalue weighted by Gasteiger charge is 2.65. The third kappa shape index (κ3) is 4.32. The number of carboxylic acids is 1. The summed E-state index contributed by atoms with van der Waals surface area (Å²) in [4.78, 5) is 9.12. The fraction of sp³-hybridized carbons (Fsp3) is 0.533. The first-order chi connectivity index (χ1) is 11.3. The van der Waals surface area contributed by atoms with Crippen LogP contribution in [0.1, 0.15) is 45.5 Å². The van der Waals surface area contributed by atoms with Crippen LogP contribution < -0.4 is 0 Å². The first kappa shape index (κ1) is 21.0. The molecule has 1 aromatic carbocycles. The molecule has 0 saturated carbocycles. The third-order valence-electron chi connectivity index (χ3n) is 4.73. The van der Waals surface area contributed by atoms with Crippen LogP contribution in [-0.2, 0) is 14.1 Å². The summed E-state index contributed by atoms with van der Waals surface area (Å²) in [6, 6.07) is 2.53. The lowest BCUT2D eigenvalue weighted by molar-refractivity contribution is -0.137. The normalized spacial score (nSPS) is 23.2. The van der Waals surface area contributed by atoms with E-state index in [1.807, 2.05) is 0 Å². The highest BCUT2D eigenvalue weighted by atomic mass is 32.5. The first-order valence-electron chi connectivity index (χ1n) is 7.74. The monoisotopic (exact) mass is 402 g/mol. The highest BCUT2D eigenvalue weighted by molar-refractivity contribution is 8.45. The van der Waals surface area contributed by atoms with Gasteiger partial charge in [-0.05, 0) is 45.4 Å². The molecule has 1 aliphatic rings. The summed E-state index contributed by atoms with van der Waals surface area (Å²) < 4.78 is 76.9.